The summed E-state index contributed by atoms with van der Waals surface area (Å²) in [4.78, 5) is 10.1. The van der Waals surface area contributed by atoms with Crippen molar-refractivity contribution < 1.29 is 22.3 Å². The Balaban J connectivity index is 1.66. The van der Waals surface area contributed by atoms with Crippen molar-refractivity contribution in [2.45, 2.75) is 42.9 Å². The number of hydrogen-bond donors (Lipinski definition) is 2. The number of aromatic amines is 1. The number of aliphatic hydroxyl groups excluding tert-OH is 1. The molecular weight excluding hydrogens is 472 g/mol. The molecule has 0 amide bonds. The van der Waals surface area contributed by atoms with E-state index in [1.807, 2.05) is 4.90 Å². The number of nitrogens with zero attached hydrogens (tertiary/aromatic N) is 2. The number of aromatic nitrogens is 2. The topological polar surface area (TPSA) is 86.3 Å². The quantitative estimate of drug-likeness (QED) is 0.491. The first kappa shape index (κ1) is 23.9. The fourth-order valence-corrected chi connectivity index (χ4v) is 5.35. The Morgan fingerprint density at radius 1 is 1.21 bits per heavy atom. The maximum absolute atomic E-state index is 13.6. The van der Waals surface area contributed by atoms with Gasteiger partial charge in [0.2, 0.25) is 0 Å². The molecule has 1 unspecified atom stereocenters. The fraction of sp³-hybridized carbons (Fsp3) is 0.435. The van der Waals surface area contributed by atoms with E-state index in [0.717, 1.165) is 5.56 Å². The van der Waals surface area contributed by atoms with E-state index in [4.69, 9.17) is 16.6 Å². The molecule has 1 fully saturated rings. The summed E-state index contributed by atoms with van der Waals surface area (Å²) in [6, 6.07) is 10.2. The third-order valence-electron chi connectivity index (χ3n) is 6.17. The van der Waals surface area contributed by atoms with Crippen LogP contribution in [-0.2, 0) is 9.84 Å². The van der Waals surface area contributed by atoms with Gasteiger partial charge in [-0.15, -0.1) is 0 Å². The summed E-state index contributed by atoms with van der Waals surface area (Å²) in [6.45, 7) is 1.96. The van der Waals surface area contributed by atoms with E-state index in [-0.39, 0.29) is 49.1 Å². The zero-order valence-electron chi connectivity index (χ0n) is 18.2. The lowest BCUT2D eigenvalue weighted by molar-refractivity contribution is -0.0220. The van der Waals surface area contributed by atoms with Gasteiger partial charge in [0.1, 0.15) is 5.82 Å². The van der Waals surface area contributed by atoms with Crippen LogP contribution >= 0.6 is 11.6 Å². The van der Waals surface area contributed by atoms with Crippen LogP contribution in [0.5, 0.6) is 0 Å². The number of sulfone groups is 1. The average Bonchev–Trinajstić information content (AvgIpc) is 3.19. The van der Waals surface area contributed by atoms with Crippen molar-refractivity contribution in [1.82, 2.24) is 9.97 Å². The predicted molar refractivity (Wildman–Crippen MR) is 125 cm³/mol. The molecule has 0 aliphatic carbocycles. The first-order valence-electron chi connectivity index (χ1n) is 10.9. The summed E-state index contributed by atoms with van der Waals surface area (Å²) in [7, 11) is -3.30. The van der Waals surface area contributed by atoms with Crippen LogP contribution in [0.4, 0.5) is 14.5 Å². The summed E-state index contributed by atoms with van der Waals surface area (Å²) < 4.78 is 51.3. The van der Waals surface area contributed by atoms with Crippen molar-refractivity contribution >= 4 is 38.2 Å². The summed E-state index contributed by atoms with van der Waals surface area (Å²) in [5.41, 5.74) is 2.84. The van der Waals surface area contributed by atoms with E-state index >= 15 is 0 Å². The van der Waals surface area contributed by atoms with Crippen LogP contribution in [0.15, 0.2) is 41.3 Å². The number of imidazole rings is 1. The molecule has 4 rings (SSSR count). The van der Waals surface area contributed by atoms with Gasteiger partial charge in [0.05, 0.1) is 32.4 Å². The molecule has 1 atom stereocenters. The second-order valence-electron chi connectivity index (χ2n) is 8.32. The smallest absolute Gasteiger partial charge is 0.251 e. The largest absolute Gasteiger partial charge is 0.396 e. The summed E-state index contributed by atoms with van der Waals surface area (Å²) in [5.74, 6) is -2.29. The molecule has 178 valence electrons. The molecule has 6 nitrogen and oxygen atoms in total. The lowest BCUT2D eigenvalue weighted by atomic mass is 9.95. The van der Waals surface area contributed by atoms with Gasteiger partial charge >= 0.3 is 0 Å². The van der Waals surface area contributed by atoms with Crippen LogP contribution in [0.2, 0.25) is 5.02 Å². The van der Waals surface area contributed by atoms with Crippen molar-refractivity contribution in [3.63, 3.8) is 0 Å². The minimum atomic E-state index is -3.30. The minimum Gasteiger partial charge on any atom is -0.396 e. The number of halogens is 3. The molecule has 2 heterocycles. The number of hydrogen-bond acceptors (Lipinski definition) is 5. The van der Waals surface area contributed by atoms with E-state index in [9.17, 15) is 22.3 Å². The van der Waals surface area contributed by atoms with Crippen molar-refractivity contribution in [3.05, 3.63) is 52.8 Å². The molecule has 1 aromatic heterocycles. The zero-order valence-corrected chi connectivity index (χ0v) is 19.8. The highest BCUT2D eigenvalue weighted by atomic mass is 35.5. The van der Waals surface area contributed by atoms with E-state index < -0.39 is 15.8 Å². The van der Waals surface area contributed by atoms with Crippen LogP contribution in [0, 0.1) is 0 Å². The van der Waals surface area contributed by atoms with Crippen LogP contribution in [0.3, 0.4) is 0 Å². The van der Waals surface area contributed by atoms with Gasteiger partial charge in [-0.1, -0.05) is 30.7 Å². The number of rotatable bonds is 7. The Kier molecular flexibility index (Phi) is 6.66. The molecule has 2 N–H and O–H groups in total. The number of piperidine rings is 1. The number of anilines is 1. The Morgan fingerprint density at radius 2 is 1.88 bits per heavy atom. The van der Waals surface area contributed by atoms with Gasteiger partial charge in [0.25, 0.3) is 5.92 Å². The Labute approximate surface area is 196 Å². The van der Waals surface area contributed by atoms with E-state index in [2.05, 4.69) is 4.98 Å². The van der Waals surface area contributed by atoms with Gasteiger partial charge in [-0.25, -0.2) is 22.2 Å². The molecule has 0 radical (unpaired) electrons. The first-order chi connectivity index (χ1) is 15.6. The fourth-order valence-electron chi connectivity index (χ4n) is 4.19. The molecule has 0 bridgehead atoms. The Bertz CT molecular complexity index is 1240. The van der Waals surface area contributed by atoms with Crippen molar-refractivity contribution in [1.29, 1.82) is 0 Å². The highest BCUT2D eigenvalue weighted by Crippen LogP contribution is 2.37. The molecule has 3 aromatic rings. The molecular formula is C23H26ClF2N3O3S. The van der Waals surface area contributed by atoms with Crippen LogP contribution in [0.1, 0.15) is 43.5 Å². The van der Waals surface area contributed by atoms with Gasteiger partial charge < -0.3 is 15.0 Å². The van der Waals surface area contributed by atoms with E-state index in [1.165, 1.54) is 0 Å². The highest BCUT2D eigenvalue weighted by molar-refractivity contribution is 7.91. The number of nitrogens with one attached hydrogen (secondary N) is 1. The van der Waals surface area contributed by atoms with Crippen LogP contribution < -0.4 is 4.90 Å². The van der Waals surface area contributed by atoms with E-state index in [0.29, 0.717) is 34.0 Å². The van der Waals surface area contributed by atoms with Gasteiger partial charge in [0.15, 0.2) is 9.84 Å². The molecule has 1 aliphatic heterocycles. The van der Waals surface area contributed by atoms with Crippen molar-refractivity contribution in [2.75, 3.05) is 30.3 Å². The molecule has 1 aliphatic rings. The third kappa shape index (κ3) is 5.00. The maximum Gasteiger partial charge on any atom is 0.251 e. The van der Waals surface area contributed by atoms with Crippen LogP contribution in [0.25, 0.3) is 11.0 Å². The summed E-state index contributed by atoms with van der Waals surface area (Å²) in [5, 5.41) is 10.1. The maximum atomic E-state index is 13.6. The van der Waals surface area contributed by atoms with Crippen molar-refractivity contribution in [3.8, 4) is 0 Å². The second-order valence-corrected chi connectivity index (χ2v) is 11.0. The molecule has 0 saturated carbocycles. The molecule has 33 heavy (non-hydrogen) atoms. The van der Waals surface area contributed by atoms with Crippen LogP contribution in [-0.4, -0.2) is 54.9 Å². The van der Waals surface area contributed by atoms with Crippen molar-refractivity contribution in [2.24, 2.45) is 0 Å². The predicted octanol–water partition coefficient (Wildman–Crippen LogP) is 4.76. The monoisotopic (exact) mass is 497 g/mol. The number of H-pyrrole nitrogens is 1. The molecule has 0 spiro atoms. The summed E-state index contributed by atoms with van der Waals surface area (Å²) in [6.07, 6.45) is -0.0352. The third-order valence-corrected chi connectivity index (χ3v) is 8.23. The average molecular weight is 498 g/mol. The lowest BCUT2D eigenvalue weighted by Gasteiger charge is -2.33. The second kappa shape index (κ2) is 9.19. The number of aliphatic hydroxyl groups is 1. The Morgan fingerprint density at radius 3 is 2.48 bits per heavy atom. The van der Waals surface area contributed by atoms with Gasteiger partial charge in [-0.2, -0.15) is 0 Å². The van der Waals surface area contributed by atoms with Gasteiger partial charge in [-0.05, 0) is 36.2 Å². The Hall–Kier alpha value is -2.23. The SMILES string of the molecule is CCS(=O)(=O)c1ccc(C(CCO)c2nc3cc(N4CCC(F)(F)CC4)c(Cl)cc3[nH]2)cc1. The molecule has 2 aromatic carbocycles. The highest BCUT2D eigenvalue weighted by Gasteiger charge is 2.34. The standard InChI is InChI=1S/C23H26ClF2N3O3S/c1-2-33(31,32)16-5-3-15(4-6-16)17(7-12-30)22-27-19-13-18(24)21(14-20(19)28-22)29-10-8-23(25,26)9-11-29/h3-6,13-14,17,30H,2,7-12H2,1H3,(H,27,28). The van der Waals surface area contributed by atoms with E-state index in [1.54, 1.807) is 43.3 Å². The number of benzene rings is 2. The van der Waals surface area contributed by atoms with Gasteiger partial charge in [-0.3, -0.25) is 0 Å². The lowest BCUT2D eigenvalue weighted by Crippen LogP contribution is -2.39. The molecule has 1 saturated heterocycles. The first-order valence-corrected chi connectivity index (χ1v) is 12.9. The summed E-state index contributed by atoms with van der Waals surface area (Å²) >= 11 is 6.47. The zero-order chi connectivity index (χ0) is 23.8. The number of fused-ring (bicyclic) bond motifs is 1. The normalized spacial score (nSPS) is 17.4. The van der Waals surface area contributed by atoms with Gasteiger partial charge in [0, 0.05) is 38.5 Å². The molecule has 10 heteroatoms. The minimum absolute atomic E-state index is 0.0216. The number of alkyl halides is 2.